The molecule has 8 heteroatoms. The number of Topliss-reactive ketones (excluding diaryl/α,β-unsaturated/α-hetero) is 1. The summed E-state index contributed by atoms with van der Waals surface area (Å²) >= 11 is 0. The molecule has 0 unspecified atom stereocenters. The van der Waals surface area contributed by atoms with E-state index >= 15 is 0 Å². The monoisotopic (exact) mass is 294 g/mol. The lowest BCUT2D eigenvalue weighted by molar-refractivity contribution is -0.185. The van der Waals surface area contributed by atoms with Gasteiger partial charge in [-0.15, -0.1) is 0 Å². The van der Waals surface area contributed by atoms with Gasteiger partial charge < -0.3 is 14.6 Å². The molecule has 0 bridgehead atoms. The third-order valence-corrected chi connectivity index (χ3v) is 3.07. The summed E-state index contributed by atoms with van der Waals surface area (Å²) in [5, 5.41) is 0. The molecule has 114 valence electrons. The van der Waals surface area contributed by atoms with Crippen molar-refractivity contribution in [3.8, 4) is 0 Å². The number of carbonyl (C=O) groups excluding carboxylic acids is 3. The Morgan fingerprint density at radius 1 is 0.950 bits per heavy atom. The number of amides is 2. The second-order valence-electron chi connectivity index (χ2n) is 4.73. The second kappa shape index (κ2) is 6.71. The Kier molecular flexibility index (Phi) is 5.52. The number of alkyl halides is 3. The molecule has 0 radical (unpaired) electrons. The maximum Gasteiger partial charge on any atom is 0.471 e. The summed E-state index contributed by atoms with van der Waals surface area (Å²) in [6.45, 7) is 1.59. The second-order valence-corrected chi connectivity index (χ2v) is 4.73. The van der Waals surface area contributed by atoms with Crippen molar-refractivity contribution in [3.05, 3.63) is 0 Å². The van der Waals surface area contributed by atoms with Crippen LogP contribution in [0, 0.1) is 0 Å². The summed E-state index contributed by atoms with van der Waals surface area (Å²) in [4.78, 5) is 35.8. The molecule has 0 aromatic carbocycles. The maximum atomic E-state index is 12.3. The average Bonchev–Trinajstić information content (AvgIpc) is 2.59. The van der Waals surface area contributed by atoms with Gasteiger partial charge in [-0.2, -0.15) is 13.2 Å². The van der Waals surface area contributed by atoms with Gasteiger partial charge in [0.05, 0.1) is 0 Å². The van der Waals surface area contributed by atoms with Gasteiger partial charge >= 0.3 is 12.1 Å². The fourth-order valence-electron chi connectivity index (χ4n) is 1.99. The van der Waals surface area contributed by atoms with Crippen LogP contribution < -0.4 is 0 Å². The summed E-state index contributed by atoms with van der Waals surface area (Å²) in [6, 6.07) is 0. The highest BCUT2D eigenvalue weighted by Crippen LogP contribution is 2.19. The Bertz CT molecular complexity index is 396. The minimum atomic E-state index is -4.88. The van der Waals surface area contributed by atoms with Gasteiger partial charge in [-0.05, 0) is 13.3 Å². The first-order valence-electron chi connectivity index (χ1n) is 6.35. The Morgan fingerprint density at radius 3 is 2.05 bits per heavy atom. The van der Waals surface area contributed by atoms with Gasteiger partial charge in [0.1, 0.15) is 5.78 Å². The van der Waals surface area contributed by atoms with Gasteiger partial charge in [-0.1, -0.05) is 0 Å². The smallest absolute Gasteiger partial charge is 0.341 e. The molecule has 1 rings (SSSR count). The summed E-state index contributed by atoms with van der Waals surface area (Å²) in [7, 11) is 0. The van der Waals surface area contributed by atoms with Gasteiger partial charge in [-0.3, -0.25) is 9.59 Å². The molecule has 0 aromatic rings. The summed E-state index contributed by atoms with van der Waals surface area (Å²) in [5.41, 5.74) is 0. The Hall–Kier alpha value is -1.60. The van der Waals surface area contributed by atoms with Crippen molar-refractivity contribution in [2.24, 2.45) is 0 Å². The molecule has 1 heterocycles. The number of rotatable bonds is 3. The molecule has 2 amide bonds. The lowest BCUT2D eigenvalue weighted by Gasteiger charge is -2.22. The zero-order valence-corrected chi connectivity index (χ0v) is 11.2. The molecule has 0 N–H and O–H groups in total. The van der Waals surface area contributed by atoms with E-state index < -0.39 is 12.1 Å². The molecule has 5 nitrogen and oxygen atoms in total. The quantitative estimate of drug-likeness (QED) is 0.779. The van der Waals surface area contributed by atoms with Crippen LogP contribution in [0.15, 0.2) is 0 Å². The van der Waals surface area contributed by atoms with E-state index in [-0.39, 0.29) is 44.2 Å². The topological polar surface area (TPSA) is 57.7 Å². The summed E-state index contributed by atoms with van der Waals surface area (Å²) in [5.74, 6) is -2.24. The lowest BCUT2D eigenvalue weighted by atomic mass is 10.2. The number of halogens is 3. The van der Waals surface area contributed by atoms with Crippen molar-refractivity contribution >= 4 is 17.6 Å². The molecule has 20 heavy (non-hydrogen) atoms. The normalized spacial score (nSPS) is 16.8. The largest absolute Gasteiger partial charge is 0.471 e. The van der Waals surface area contributed by atoms with E-state index in [0.717, 1.165) is 4.90 Å². The van der Waals surface area contributed by atoms with E-state index in [1.165, 1.54) is 11.8 Å². The highest BCUT2D eigenvalue weighted by Gasteiger charge is 2.42. The minimum absolute atomic E-state index is 0.0190. The van der Waals surface area contributed by atoms with Crippen LogP contribution in [-0.4, -0.2) is 59.8 Å². The van der Waals surface area contributed by atoms with E-state index in [9.17, 15) is 27.6 Å². The predicted molar refractivity (Wildman–Crippen MR) is 63.7 cm³/mol. The molecular formula is C12H17F3N2O3. The van der Waals surface area contributed by atoms with Gasteiger partial charge in [0.15, 0.2) is 0 Å². The highest BCUT2D eigenvalue weighted by molar-refractivity contribution is 5.84. The lowest BCUT2D eigenvalue weighted by Crippen LogP contribution is -2.43. The molecule has 1 aliphatic rings. The van der Waals surface area contributed by atoms with Gasteiger partial charge in [0.2, 0.25) is 5.91 Å². The van der Waals surface area contributed by atoms with Gasteiger partial charge in [-0.25, -0.2) is 0 Å². The van der Waals surface area contributed by atoms with Crippen LogP contribution in [0.2, 0.25) is 0 Å². The Labute approximate surface area is 114 Å². The number of carbonyl (C=O) groups is 3. The highest BCUT2D eigenvalue weighted by atomic mass is 19.4. The fraction of sp³-hybridized carbons (Fsp3) is 0.750. The zero-order chi connectivity index (χ0) is 15.3. The van der Waals surface area contributed by atoms with Gasteiger partial charge in [0.25, 0.3) is 0 Å². The fourth-order valence-corrected chi connectivity index (χ4v) is 1.99. The van der Waals surface area contributed by atoms with E-state index in [0.29, 0.717) is 13.0 Å². The van der Waals surface area contributed by atoms with Crippen LogP contribution in [0.3, 0.4) is 0 Å². The number of ketones is 1. The molecule has 0 spiro atoms. The van der Waals surface area contributed by atoms with Crippen molar-refractivity contribution in [3.63, 3.8) is 0 Å². The molecule has 0 aromatic heterocycles. The summed E-state index contributed by atoms with van der Waals surface area (Å²) in [6.07, 6.45) is -4.40. The molecule has 0 atom stereocenters. The Balaban J connectivity index is 2.53. The van der Waals surface area contributed by atoms with Crippen molar-refractivity contribution < 1.29 is 27.6 Å². The minimum Gasteiger partial charge on any atom is -0.341 e. The average molecular weight is 294 g/mol. The molecule has 1 saturated heterocycles. The van der Waals surface area contributed by atoms with Crippen LogP contribution >= 0.6 is 0 Å². The number of nitrogens with zero attached hydrogens (tertiary/aromatic N) is 2. The van der Waals surface area contributed by atoms with E-state index in [1.807, 2.05) is 0 Å². The SMILES string of the molecule is CC(=O)CCC(=O)N1CCCN(C(=O)C(F)(F)F)CC1. The molecular weight excluding hydrogens is 277 g/mol. The number of hydrogen-bond donors (Lipinski definition) is 0. The standard InChI is InChI=1S/C12H17F3N2O3/c1-9(18)3-4-10(19)16-5-2-6-17(8-7-16)11(20)12(13,14)15/h2-8H2,1H3. The van der Waals surface area contributed by atoms with Crippen LogP contribution in [-0.2, 0) is 14.4 Å². The van der Waals surface area contributed by atoms with Crippen LogP contribution in [0.1, 0.15) is 26.2 Å². The maximum absolute atomic E-state index is 12.3. The predicted octanol–water partition coefficient (Wildman–Crippen LogP) is 0.979. The molecule has 1 aliphatic heterocycles. The van der Waals surface area contributed by atoms with Crippen LogP contribution in [0.25, 0.3) is 0 Å². The molecule has 0 saturated carbocycles. The summed E-state index contributed by atoms with van der Waals surface area (Å²) < 4.78 is 37.0. The zero-order valence-electron chi connectivity index (χ0n) is 11.2. The first-order valence-corrected chi connectivity index (χ1v) is 6.35. The Morgan fingerprint density at radius 2 is 1.50 bits per heavy atom. The van der Waals surface area contributed by atoms with E-state index in [1.54, 1.807) is 0 Å². The third-order valence-electron chi connectivity index (χ3n) is 3.07. The van der Waals surface area contributed by atoms with E-state index in [2.05, 4.69) is 0 Å². The van der Waals surface area contributed by atoms with Crippen LogP contribution in [0.5, 0.6) is 0 Å². The third kappa shape index (κ3) is 4.82. The first kappa shape index (κ1) is 16.5. The number of hydrogen-bond acceptors (Lipinski definition) is 3. The van der Waals surface area contributed by atoms with Crippen molar-refractivity contribution in [1.82, 2.24) is 9.80 Å². The van der Waals surface area contributed by atoms with Crippen LogP contribution in [0.4, 0.5) is 13.2 Å². The van der Waals surface area contributed by atoms with Crippen molar-refractivity contribution in [2.75, 3.05) is 26.2 Å². The van der Waals surface area contributed by atoms with Gasteiger partial charge in [0, 0.05) is 39.0 Å². The first-order chi connectivity index (χ1) is 9.21. The van der Waals surface area contributed by atoms with Crippen molar-refractivity contribution in [2.45, 2.75) is 32.4 Å². The van der Waals surface area contributed by atoms with E-state index in [4.69, 9.17) is 0 Å². The molecule has 0 aliphatic carbocycles. The van der Waals surface area contributed by atoms with Crippen molar-refractivity contribution in [1.29, 1.82) is 0 Å². The molecule has 1 fully saturated rings.